The summed E-state index contributed by atoms with van der Waals surface area (Å²) in [5.41, 5.74) is 2.44. The smallest absolute Gasteiger partial charge is 0.339 e. The van der Waals surface area contributed by atoms with Gasteiger partial charge >= 0.3 is 16.1 Å². The monoisotopic (exact) mass is 459 g/mol. The molecule has 0 radical (unpaired) electrons. The third kappa shape index (κ3) is 5.90. The van der Waals surface area contributed by atoms with Crippen LogP contribution < -0.4 is 20.1 Å². The molecule has 0 aromatic heterocycles. The number of hydrogen-bond acceptors (Lipinski definition) is 5. The van der Waals surface area contributed by atoms with Crippen molar-refractivity contribution in [3.05, 3.63) is 109 Å². The lowest BCUT2D eigenvalue weighted by Crippen LogP contribution is -2.20. The molecule has 3 N–H and O–H groups in total. The molecule has 2 amide bonds. The molecule has 0 bridgehead atoms. The number of amides is 2. The van der Waals surface area contributed by atoms with Crippen LogP contribution >= 0.6 is 0 Å². The Morgan fingerprint density at radius 3 is 1.82 bits per heavy atom. The summed E-state index contributed by atoms with van der Waals surface area (Å²) in [5, 5.41) is 8.49. The van der Waals surface area contributed by atoms with E-state index in [1.807, 2.05) is 36.4 Å². The van der Waals surface area contributed by atoms with Crippen molar-refractivity contribution in [2.24, 2.45) is 0 Å². The highest BCUT2D eigenvalue weighted by Gasteiger charge is 2.19. The Hall–Kier alpha value is -4.30. The first-order valence-electron chi connectivity index (χ1n) is 10.1. The molecule has 166 valence electrons. The van der Waals surface area contributed by atoms with Gasteiger partial charge in [0.2, 0.25) is 0 Å². The van der Waals surface area contributed by atoms with Gasteiger partial charge in [0.15, 0.2) is 5.75 Å². The number of benzene rings is 4. The average molecular weight is 460 g/mol. The van der Waals surface area contributed by atoms with Crippen LogP contribution in [0.5, 0.6) is 5.75 Å². The Bertz CT molecular complexity index is 1330. The number of anilines is 4. The molecule has 8 heteroatoms. The van der Waals surface area contributed by atoms with E-state index in [2.05, 4.69) is 16.0 Å². The van der Waals surface area contributed by atoms with Crippen molar-refractivity contribution in [3.63, 3.8) is 0 Å². The number of nitrogens with one attached hydrogen (secondary N) is 3. The van der Waals surface area contributed by atoms with Gasteiger partial charge < -0.3 is 20.1 Å². The molecule has 0 aliphatic rings. The van der Waals surface area contributed by atoms with E-state index in [1.54, 1.807) is 54.6 Å². The molecule has 0 atom stereocenters. The van der Waals surface area contributed by atoms with Gasteiger partial charge in [0.1, 0.15) is 4.90 Å². The summed E-state index contributed by atoms with van der Waals surface area (Å²) >= 11 is 0. The molecule has 0 aliphatic carbocycles. The molecule has 33 heavy (non-hydrogen) atoms. The first-order chi connectivity index (χ1) is 16.0. The van der Waals surface area contributed by atoms with E-state index in [9.17, 15) is 13.2 Å². The molecule has 0 aliphatic heterocycles. The number of rotatable bonds is 7. The van der Waals surface area contributed by atoms with Crippen LogP contribution in [0.2, 0.25) is 0 Å². The summed E-state index contributed by atoms with van der Waals surface area (Å²) < 4.78 is 31.0. The topological polar surface area (TPSA) is 96.5 Å². The van der Waals surface area contributed by atoms with Crippen LogP contribution in [0, 0.1) is 0 Å². The van der Waals surface area contributed by atoms with Gasteiger partial charge in [-0.15, -0.1) is 0 Å². The van der Waals surface area contributed by atoms with Crippen molar-refractivity contribution >= 4 is 38.9 Å². The minimum Gasteiger partial charge on any atom is -0.377 e. The molecule has 0 unspecified atom stereocenters. The fourth-order valence-electron chi connectivity index (χ4n) is 3.01. The molecule has 7 nitrogen and oxygen atoms in total. The van der Waals surface area contributed by atoms with Gasteiger partial charge in [-0.1, -0.05) is 48.5 Å². The summed E-state index contributed by atoms with van der Waals surface area (Å²) in [6, 6.07) is 30.5. The number of para-hydroxylation sites is 4. The maximum Gasteiger partial charge on any atom is 0.339 e. The Balaban J connectivity index is 1.46. The Morgan fingerprint density at radius 1 is 0.606 bits per heavy atom. The van der Waals surface area contributed by atoms with Crippen molar-refractivity contribution in [2.75, 3.05) is 16.0 Å². The van der Waals surface area contributed by atoms with E-state index in [4.69, 9.17) is 4.18 Å². The third-order valence-corrected chi connectivity index (χ3v) is 5.82. The van der Waals surface area contributed by atoms with Crippen LogP contribution in [-0.2, 0) is 10.1 Å². The number of carbonyl (C=O) groups is 1. The van der Waals surface area contributed by atoms with Gasteiger partial charge in [-0.3, -0.25) is 0 Å². The fraction of sp³-hybridized carbons (Fsp3) is 0. The highest BCUT2D eigenvalue weighted by atomic mass is 32.2. The number of hydrogen-bond donors (Lipinski definition) is 3. The zero-order valence-electron chi connectivity index (χ0n) is 17.4. The van der Waals surface area contributed by atoms with Crippen LogP contribution in [0.4, 0.5) is 27.5 Å². The largest absolute Gasteiger partial charge is 0.377 e. The second kappa shape index (κ2) is 9.88. The zero-order valence-corrected chi connectivity index (χ0v) is 18.3. The molecule has 0 fully saturated rings. The van der Waals surface area contributed by atoms with E-state index in [0.29, 0.717) is 5.69 Å². The van der Waals surface area contributed by atoms with Crippen LogP contribution in [0.15, 0.2) is 114 Å². The summed E-state index contributed by atoms with van der Waals surface area (Å²) in [6.07, 6.45) is 0. The third-order valence-electron chi connectivity index (χ3n) is 4.57. The normalized spacial score (nSPS) is 10.8. The highest BCUT2D eigenvalue weighted by Crippen LogP contribution is 2.28. The second-order valence-corrected chi connectivity index (χ2v) is 8.54. The SMILES string of the molecule is O=C(Nc1ccccc1)Nc1ccccc1OS(=O)(=O)c1ccc(Nc2ccccc2)cc1. The van der Waals surface area contributed by atoms with Crippen molar-refractivity contribution in [1.29, 1.82) is 0 Å². The number of carbonyl (C=O) groups excluding carboxylic acids is 1. The molecule has 4 rings (SSSR count). The molecule has 0 spiro atoms. The van der Waals surface area contributed by atoms with Crippen LogP contribution in [-0.4, -0.2) is 14.4 Å². The van der Waals surface area contributed by atoms with E-state index >= 15 is 0 Å². The lowest BCUT2D eigenvalue weighted by Gasteiger charge is -2.13. The first-order valence-corrected chi connectivity index (χ1v) is 11.5. The average Bonchev–Trinajstić information content (AvgIpc) is 2.82. The highest BCUT2D eigenvalue weighted by molar-refractivity contribution is 7.87. The van der Waals surface area contributed by atoms with Gasteiger partial charge in [-0.05, 0) is 60.7 Å². The van der Waals surface area contributed by atoms with Crippen molar-refractivity contribution in [2.45, 2.75) is 4.90 Å². The zero-order chi connectivity index (χ0) is 23.1. The van der Waals surface area contributed by atoms with E-state index in [-0.39, 0.29) is 16.3 Å². The maximum atomic E-state index is 12.8. The van der Waals surface area contributed by atoms with E-state index in [0.717, 1.165) is 11.4 Å². The molecular weight excluding hydrogens is 438 g/mol. The van der Waals surface area contributed by atoms with Gasteiger partial charge in [0.05, 0.1) is 5.69 Å². The van der Waals surface area contributed by atoms with Gasteiger partial charge in [-0.25, -0.2) is 4.79 Å². The molecule has 0 saturated heterocycles. The Kier molecular flexibility index (Phi) is 6.56. The molecule has 0 heterocycles. The molecule has 4 aromatic rings. The van der Waals surface area contributed by atoms with Crippen molar-refractivity contribution in [1.82, 2.24) is 0 Å². The second-order valence-electron chi connectivity index (χ2n) is 6.99. The van der Waals surface area contributed by atoms with Crippen molar-refractivity contribution < 1.29 is 17.4 Å². The van der Waals surface area contributed by atoms with Gasteiger partial charge in [0, 0.05) is 17.1 Å². The van der Waals surface area contributed by atoms with Crippen molar-refractivity contribution in [3.8, 4) is 5.75 Å². The summed E-state index contributed by atoms with van der Waals surface area (Å²) in [7, 11) is -4.12. The molecular formula is C25H21N3O4S. The predicted octanol–water partition coefficient (Wildman–Crippen LogP) is 5.84. The Morgan fingerprint density at radius 2 is 1.15 bits per heavy atom. The van der Waals surface area contributed by atoms with Crippen LogP contribution in [0.25, 0.3) is 0 Å². The molecule has 4 aromatic carbocycles. The minimum absolute atomic E-state index is 0.00667. The standard InChI is InChI=1S/C25H21N3O4S/c29-25(27-20-11-5-2-6-12-20)28-23-13-7-8-14-24(23)32-33(30,31)22-17-15-21(16-18-22)26-19-9-3-1-4-10-19/h1-18,26H,(H2,27,28,29). The maximum absolute atomic E-state index is 12.8. The lowest BCUT2D eigenvalue weighted by molar-refractivity contribution is 0.262. The minimum atomic E-state index is -4.12. The lowest BCUT2D eigenvalue weighted by atomic mass is 10.3. The van der Waals surface area contributed by atoms with Crippen LogP contribution in [0.1, 0.15) is 0 Å². The quantitative estimate of drug-likeness (QED) is 0.302. The molecule has 0 saturated carbocycles. The first kappa shape index (κ1) is 21.9. The summed E-state index contributed by atoms with van der Waals surface area (Å²) in [4.78, 5) is 12.3. The van der Waals surface area contributed by atoms with E-state index in [1.165, 1.54) is 18.2 Å². The van der Waals surface area contributed by atoms with Crippen LogP contribution in [0.3, 0.4) is 0 Å². The summed E-state index contributed by atoms with van der Waals surface area (Å²) in [6.45, 7) is 0. The predicted molar refractivity (Wildman–Crippen MR) is 130 cm³/mol. The fourth-order valence-corrected chi connectivity index (χ4v) is 3.96. The van der Waals surface area contributed by atoms with Gasteiger partial charge in [-0.2, -0.15) is 8.42 Å². The number of urea groups is 1. The van der Waals surface area contributed by atoms with E-state index < -0.39 is 16.1 Å². The summed E-state index contributed by atoms with van der Waals surface area (Å²) in [5.74, 6) is 0.00667. The van der Waals surface area contributed by atoms with Gasteiger partial charge in [0.25, 0.3) is 0 Å². The Labute approximate surface area is 192 Å².